The second-order valence-electron chi connectivity index (χ2n) is 5.36. The number of nitrogens with zero attached hydrogens (tertiary/aromatic N) is 3. The SMILES string of the molecule is O=[N+]([O-])c1ccc(-c2ccc(C=NNc3nc4ccccc4s3)o2)cc1. The van der Waals surface area contributed by atoms with Gasteiger partial charge in [0.15, 0.2) is 0 Å². The Morgan fingerprint density at radius 1 is 1.12 bits per heavy atom. The molecular formula is C18H12N4O3S. The lowest BCUT2D eigenvalue weighted by Gasteiger charge is -1.96. The topological polar surface area (TPSA) is 93.6 Å². The Morgan fingerprint density at radius 2 is 1.92 bits per heavy atom. The molecule has 0 saturated carbocycles. The normalized spacial score (nSPS) is 11.2. The van der Waals surface area contributed by atoms with E-state index in [9.17, 15) is 10.1 Å². The maximum Gasteiger partial charge on any atom is 0.269 e. The minimum atomic E-state index is -0.433. The predicted molar refractivity (Wildman–Crippen MR) is 102 cm³/mol. The van der Waals surface area contributed by atoms with Crippen molar-refractivity contribution in [2.75, 3.05) is 5.43 Å². The highest BCUT2D eigenvalue weighted by molar-refractivity contribution is 7.22. The maximum atomic E-state index is 10.7. The summed E-state index contributed by atoms with van der Waals surface area (Å²) in [6.07, 6.45) is 1.56. The Labute approximate surface area is 151 Å². The van der Waals surface area contributed by atoms with Crippen LogP contribution in [0.25, 0.3) is 21.5 Å². The molecule has 1 N–H and O–H groups in total. The molecule has 4 aromatic rings. The molecule has 0 bridgehead atoms. The number of para-hydroxylation sites is 1. The van der Waals surface area contributed by atoms with Crippen LogP contribution < -0.4 is 5.43 Å². The van der Waals surface area contributed by atoms with Crippen LogP contribution in [0.15, 0.2) is 70.2 Å². The van der Waals surface area contributed by atoms with E-state index in [1.54, 1.807) is 30.5 Å². The molecule has 2 heterocycles. The average molecular weight is 364 g/mol. The zero-order chi connectivity index (χ0) is 17.9. The van der Waals surface area contributed by atoms with Crippen LogP contribution in [0.1, 0.15) is 5.76 Å². The van der Waals surface area contributed by atoms with Gasteiger partial charge < -0.3 is 4.42 Å². The van der Waals surface area contributed by atoms with E-state index in [1.165, 1.54) is 23.5 Å². The summed E-state index contributed by atoms with van der Waals surface area (Å²) in [5.41, 5.74) is 4.62. The fourth-order valence-electron chi connectivity index (χ4n) is 2.40. The first kappa shape index (κ1) is 16.0. The summed E-state index contributed by atoms with van der Waals surface area (Å²) >= 11 is 1.52. The molecule has 0 atom stereocenters. The zero-order valence-electron chi connectivity index (χ0n) is 13.3. The zero-order valence-corrected chi connectivity index (χ0v) is 14.1. The van der Waals surface area contributed by atoms with Gasteiger partial charge in [0.1, 0.15) is 11.5 Å². The highest BCUT2D eigenvalue weighted by atomic mass is 32.1. The maximum absolute atomic E-state index is 10.7. The number of nitro groups is 1. The number of hydrogen-bond acceptors (Lipinski definition) is 7. The van der Waals surface area contributed by atoms with Gasteiger partial charge in [-0.3, -0.25) is 15.5 Å². The standard InChI is InChI=1S/C18H12N4O3S/c23-22(24)13-7-5-12(6-8-13)16-10-9-14(25-16)11-19-21-18-20-15-3-1-2-4-17(15)26-18/h1-11H,(H,20,21). The molecule has 0 unspecified atom stereocenters. The van der Waals surface area contributed by atoms with Gasteiger partial charge in [0, 0.05) is 17.7 Å². The van der Waals surface area contributed by atoms with Crippen LogP contribution in [0.4, 0.5) is 10.8 Å². The second-order valence-corrected chi connectivity index (χ2v) is 6.39. The largest absolute Gasteiger partial charge is 0.455 e. The third-order valence-electron chi connectivity index (χ3n) is 3.64. The average Bonchev–Trinajstić information content (AvgIpc) is 3.28. The molecule has 7 nitrogen and oxygen atoms in total. The number of benzene rings is 2. The number of aromatic nitrogens is 1. The number of nitro benzene ring substituents is 1. The van der Waals surface area contributed by atoms with E-state index in [2.05, 4.69) is 15.5 Å². The van der Waals surface area contributed by atoms with Gasteiger partial charge in [-0.1, -0.05) is 23.5 Å². The molecule has 2 aromatic carbocycles. The van der Waals surface area contributed by atoms with Gasteiger partial charge >= 0.3 is 0 Å². The van der Waals surface area contributed by atoms with Crippen molar-refractivity contribution in [3.8, 4) is 11.3 Å². The Morgan fingerprint density at radius 3 is 2.69 bits per heavy atom. The number of furan rings is 1. The van der Waals surface area contributed by atoms with Crippen molar-refractivity contribution in [3.05, 3.63) is 76.5 Å². The number of nitrogens with one attached hydrogen (secondary N) is 1. The van der Waals surface area contributed by atoms with Crippen LogP contribution in [0.3, 0.4) is 0 Å². The van der Waals surface area contributed by atoms with Crippen LogP contribution in [0.2, 0.25) is 0 Å². The molecule has 2 aromatic heterocycles. The summed E-state index contributed by atoms with van der Waals surface area (Å²) in [5, 5.41) is 15.5. The highest BCUT2D eigenvalue weighted by Gasteiger charge is 2.08. The lowest BCUT2D eigenvalue weighted by molar-refractivity contribution is -0.384. The lowest BCUT2D eigenvalue weighted by Crippen LogP contribution is -1.88. The molecule has 0 amide bonds. The van der Waals surface area contributed by atoms with E-state index < -0.39 is 4.92 Å². The molecule has 8 heteroatoms. The first-order valence-corrected chi connectivity index (χ1v) is 8.50. The monoisotopic (exact) mass is 364 g/mol. The van der Waals surface area contributed by atoms with Gasteiger partial charge in [-0.05, 0) is 36.4 Å². The predicted octanol–water partition coefficient (Wildman–Crippen LogP) is 4.91. The van der Waals surface area contributed by atoms with Crippen molar-refractivity contribution in [1.29, 1.82) is 0 Å². The fourth-order valence-corrected chi connectivity index (χ4v) is 3.21. The van der Waals surface area contributed by atoms with Crippen molar-refractivity contribution in [3.63, 3.8) is 0 Å². The Kier molecular flexibility index (Phi) is 4.16. The van der Waals surface area contributed by atoms with E-state index in [1.807, 2.05) is 24.3 Å². The highest BCUT2D eigenvalue weighted by Crippen LogP contribution is 2.26. The molecular weight excluding hydrogens is 352 g/mol. The summed E-state index contributed by atoms with van der Waals surface area (Å²) < 4.78 is 6.78. The van der Waals surface area contributed by atoms with E-state index in [0.717, 1.165) is 15.8 Å². The third kappa shape index (κ3) is 3.31. The lowest BCUT2D eigenvalue weighted by atomic mass is 10.1. The molecule has 128 valence electrons. The fraction of sp³-hybridized carbons (Fsp3) is 0. The van der Waals surface area contributed by atoms with Gasteiger partial charge in [0.2, 0.25) is 5.13 Å². The van der Waals surface area contributed by atoms with E-state index in [0.29, 0.717) is 16.7 Å². The van der Waals surface area contributed by atoms with Crippen LogP contribution in [-0.2, 0) is 0 Å². The number of fused-ring (bicyclic) bond motifs is 1. The quantitative estimate of drug-likeness (QED) is 0.308. The van der Waals surface area contributed by atoms with Gasteiger partial charge in [-0.25, -0.2) is 4.98 Å². The van der Waals surface area contributed by atoms with Gasteiger partial charge in [-0.15, -0.1) is 0 Å². The molecule has 0 aliphatic heterocycles. The minimum absolute atomic E-state index is 0.0436. The van der Waals surface area contributed by atoms with Gasteiger partial charge in [0.05, 0.1) is 21.4 Å². The van der Waals surface area contributed by atoms with Crippen LogP contribution in [0.5, 0.6) is 0 Å². The van der Waals surface area contributed by atoms with Crippen molar-refractivity contribution in [1.82, 2.24) is 4.98 Å². The van der Waals surface area contributed by atoms with E-state index in [-0.39, 0.29) is 5.69 Å². The smallest absolute Gasteiger partial charge is 0.269 e. The molecule has 4 rings (SSSR count). The summed E-state index contributed by atoms with van der Waals surface area (Å²) in [4.78, 5) is 14.7. The summed E-state index contributed by atoms with van der Waals surface area (Å²) in [5.74, 6) is 1.17. The molecule has 0 aliphatic carbocycles. The molecule has 0 spiro atoms. The van der Waals surface area contributed by atoms with Crippen LogP contribution in [-0.4, -0.2) is 16.1 Å². The molecule has 0 aliphatic rings. The van der Waals surface area contributed by atoms with Crippen molar-refractivity contribution in [2.24, 2.45) is 5.10 Å². The number of anilines is 1. The van der Waals surface area contributed by atoms with E-state index >= 15 is 0 Å². The molecule has 0 fully saturated rings. The Balaban J connectivity index is 1.45. The molecule has 0 saturated heterocycles. The van der Waals surface area contributed by atoms with Crippen molar-refractivity contribution >= 4 is 38.6 Å². The molecule has 0 radical (unpaired) electrons. The first-order chi connectivity index (χ1) is 12.7. The first-order valence-electron chi connectivity index (χ1n) is 7.68. The number of thiazole rings is 1. The number of non-ortho nitro benzene ring substituents is 1. The second kappa shape index (κ2) is 6.77. The van der Waals surface area contributed by atoms with Crippen LogP contribution in [0, 0.1) is 10.1 Å². The molecule has 26 heavy (non-hydrogen) atoms. The number of hydrazone groups is 1. The number of hydrogen-bond donors (Lipinski definition) is 1. The minimum Gasteiger partial charge on any atom is -0.455 e. The number of rotatable bonds is 5. The summed E-state index contributed by atoms with van der Waals surface area (Å²) in [6.45, 7) is 0. The van der Waals surface area contributed by atoms with Crippen LogP contribution >= 0.6 is 11.3 Å². The van der Waals surface area contributed by atoms with Gasteiger partial charge in [-0.2, -0.15) is 5.10 Å². The van der Waals surface area contributed by atoms with Gasteiger partial charge in [0.25, 0.3) is 5.69 Å². The Bertz CT molecular complexity index is 1070. The summed E-state index contributed by atoms with van der Waals surface area (Å²) in [6, 6.07) is 17.6. The summed E-state index contributed by atoms with van der Waals surface area (Å²) in [7, 11) is 0. The third-order valence-corrected chi connectivity index (χ3v) is 4.58. The van der Waals surface area contributed by atoms with Crippen molar-refractivity contribution in [2.45, 2.75) is 0 Å². The van der Waals surface area contributed by atoms with Crippen molar-refractivity contribution < 1.29 is 9.34 Å². The van der Waals surface area contributed by atoms with E-state index in [4.69, 9.17) is 4.42 Å². The Hall–Kier alpha value is -3.52.